The number of hydrogen-bond acceptors (Lipinski definition) is 1. The maximum Gasteiger partial charge on any atom is 0.00718 e. The molecule has 0 heterocycles. The van der Waals surface area contributed by atoms with Gasteiger partial charge in [-0.15, -0.1) is 11.8 Å². The highest BCUT2D eigenvalue weighted by Gasteiger charge is 1.90. The minimum Gasteiger partial charge on any atom is -0.130 e. The van der Waals surface area contributed by atoms with E-state index in [9.17, 15) is 0 Å². The standard InChI is InChI=1S/C9H12S.C3H8/c1-3-8-5-4-6-9(7-8)10-2;1-3-2/h4-7H,3H2,1-2H3;3H2,1-2H3. The molecule has 0 spiro atoms. The largest absolute Gasteiger partial charge is 0.130 e. The van der Waals surface area contributed by atoms with Gasteiger partial charge in [0.05, 0.1) is 0 Å². The highest BCUT2D eigenvalue weighted by Crippen LogP contribution is 2.15. The first-order valence-electron chi connectivity index (χ1n) is 4.91. The fourth-order valence-electron chi connectivity index (χ4n) is 0.892. The number of thioether (sulfide) groups is 1. The Hall–Kier alpha value is -0.430. The molecule has 0 nitrogen and oxygen atoms in total. The normalized spacial score (nSPS) is 8.92. The Morgan fingerprint density at radius 1 is 1.15 bits per heavy atom. The van der Waals surface area contributed by atoms with Crippen molar-refractivity contribution in [3.05, 3.63) is 29.8 Å². The molecule has 0 bridgehead atoms. The molecule has 1 aromatic carbocycles. The highest BCUT2D eigenvalue weighted by molar-refractivity contribution is 7.98. The van der Waals surface area contributed by atoms with Crippen molar-refractivity contribution in [3.8, 4) is 0 Å². The molecule has 1 heteroatoms. The summed E-state index contributed by atoms with van der Waals surface area (Å²) in [5.74, 6) is 0. The average Bonchev–Trinajstić information content (AvgIpc) is 2.19. The van der Waals surface area contributed by atoms with Crippen molar-refractivity contribution < 1.29 is 0 Å². The zero-order chi connectivity index (χ0) is 10.1. The van der Waals surface area contributed by atoms with Gasteiger partial charge >= 0.3 is 0 Å². The predicted octanol–water partition coefficient (Wildman–Crippen LogP) is 4.39. The van der Waals surface area contributed by atoms with Gasteiger partial charge in [0, 0.05) is 4.90 Å². The third-order valence-corrected chi connectivity index (χ3v) is 2.27. The van der Waals surface area contributed by atoms with Gasteiger partial charge in [-0.1, -0.05) is 39.3 Å². The molecule has 0 aromatic heterocycles. The van der Waals surface area contributed by atoms with E-state index in [1.54, 1.807) is 11.8 Å². The molecule has 1 aromatic rings. The van der Waals surface area contributed by atoms with Crippen LogP contribution in [0.15, 0.2) is 29.2 Å². The van der Waals surface area contributed by atoms with E-state index in [1.165, 1.54) is 16.9 Å². The summed E-state index contributed by atoms with van der Waals surface area (Å²) >= 11 is 1.80. The third kappa shape index (κ3) is 5.75. The van der Waals surface area contributed by atoms with Gasteiger partial charge in [0.25, 0.3) is 0 Å². The van der Waals surface area contributed by atoms with Crippen molar-refractivity contribution in [2.75, 3.05) is 6.26 Å². The molecule has 0 saturated heterocycles. The summed E-state index contributed by atoms with van der Waals surface area (Å²) in [7, 11) is 0. The summed E-state index contributed by atoms with van der Waals surface area (Å²) in [6.45, 7) is 6.43. The fraction of sp³-hybridized carbons (Fsp3) is 0.500. The monoisotopic (exact) mass is 196 g/mol. The fourth-order valence-corrected chi connectivity index (χ4v) is 1.38. The van der Waals surface area contributed by atoms with E-state index < -0.39 is 0 Å². The first-order chi connectivity index (χ1) is 6.28. The van der Waals surface area contributed by atoms with Crippen LogP contribution in [0.4, 0.5) is 0 Å². The Kier molecular flexibility index (Phi) is 7.91. The van der Waals surface area contributed by atoms with Gasteiger partial charge in [0.2, 0.25) is 0 Å². The lowest BCUT2D eigenvalue weighted by Gasteiger charge is -1.98. The molecule has 0 aliphatic rings. The molecule has 1 rings (SSSR count). The number of rotatable bonds is 2. The van der Waals surface area contributed by atoms with Gasteiger partial charge in [-0.25, -0.2) is 0 Å². The van der Waals surface area contributed by atoms with Crippen LogP contribution in [0.5, 0.6) is 0 Å². The molecule has 74 valence electrons. The average molecular weight is 196 g/mol. The minimum atomic E-state index is 1.13. The van der Waals surface area contributed by atoms with Crippen LogP contribution in [0.2, 0.25) is 0 Å². The Morgan fingerprint density at radius 3 is 2.23 bits per heavy atom. The molecule has 0 fully saturated rings. The van der Waals surface area contributed by atoms with E-state index in [0.29, 0.717) is 0 Å². The van der Waals surface area contributed by atoms with Crippen molar-refractivity contribution in [1.29, 1.82) is 0 Å². The Balaban J connectivity index is 0.000000424. The van der Waals surface area contributed by atoms with Crippen molar-refractivity contribution >= 4 is 11.8 Å². The first kappa shape index (κ1) is 12.6. The zero-order valence-corrected chi connectivity index (χ0v) is 9.95. The second kappa shape index (κ2) is 8.18. The summed E-state index contributed by atoms with van der Waals surface area (Å²) in [4.78, 5) is 1.36. The molecule has 13 heavy (non-hydrogen) atoms. The maximum atomic E-state index is 2.24. The van der Waals surface area contributed by atoms with Gasteiger partial charge in [0.1, 0.15) is 0 Å². The van der Waals surface area contributed by atoms with Crippen molar-refractivity contribution in [2.24, 2.45) is 0 Å². The molecule has 0 aliphatic carbocycles. The van der Waals surface area contributed by atoms with E-state index >= 15 is 0 Å². The van der Waals surface area contributed by atoms with Crippen molar-refractivity contribution in [1.82, 2.24) is 0 Å². The van der Waals surface area contributed by atoms with Crippen LogP contribution in [0.3, 0.4) is 0 Å². The molecule has 0 atom stereocenters. The number of benzene rings is 1. The quantitative estimate of drug-likeness (QED) is 0.632. The maximum absolute atomic E-state index is 2.24. The van der Waals surface area contributed by atoms with Crippen LogP contribution in [-0.4, -0.2) is 6.26 Å². The number of hydrogen-bond donors (Lipinski definition) is 0. The molecule has 0 radical (unpaired) electrons. The smallest absolute Gasteiger partial charge is 0.00718 e. The SMILES string of the molecule is CCC.CCc1cccc(SC)c1. The second-order valence-electron chi connectivity index (χ2n) is 2.91. The highest BCUT2D eigenvalue weighted by atomic mass is 32.2. The predicted molar refractivity (Wildman–Crippen MR) is 63.6 cm³/mol. The van der Waals surface area contributed by atoms with E-state index in [1.807, 2.05) is 0 Å². The first-order valence-corrected chi connectivity index (χ1v) is 6.13. The lowest BCUT2D eigenvalue weighted by Crippen LogP contribution is -1.78. The van der Waals surface area contributed by atoms with E-state index in [0.717, 1.165) is 6.42 Å². The number of aryl methyl sites for hydroxylation is 1. The van der Waals surface area contributed by atoms with Crippen LogP contribution in [-0.2, 0) is 6.42 Å². The van der Waals surface area contributed by atoms with Gasteiger partial charge in [-0.2, -0.15) is 0 Å². The van der Waals surface area contributed by atoms with E-state index in [4.69, 9.17) is 0 Å². The van der Waals surface area contributed by atoms with Crippen molar-refractivity contribution in [3.63, 3.8) is 0 Å². The molecular formula is C12H20S. The molecule has 0 N–H and O–H groups in total. The third-order valence-electron chi connectivity index (χ3n) is 1.54. The van der Waals surface area contributed by atoms with Crippen LogP contribution < -0.4 is 0 Å². The molecule has 0 amide bonds. The lowest BCUT2D eigenvalue weighted by atomic mass is 10.2. The summed E-state index contributed by atoms with van der Waals surface area (Å²) in [6, 6.07) is 8.67. The van der Waals surface area contributed by atoms with Gasteiger partial charge in [-0.3, -0.25) is 0 Å². The van der Waals surface area contributed by atoms with Crippen LogP contribution in [0.25, 0.3) is 0 Å². The Morgan fingerprint density at radius 2 is 1.77 bits per heavy atom. The van der Waals surface area contributed by atoms with E-state index in [2.05, 4.69) is 51.3 Å². The van der Waals surface area contributed by atoms with Crippen molar-refractivity contribution in [2.45, 2.75) is 38.5 Å². The second-order valence-corrected chi connectivity index (χ2v) is 3.79. The minimum absolute atomic E-state index is 1.13. The Labute approximate surface area is 86.7 Å². The molecule has 0 aliphatic heterocycles. The molecule has 0 unspecified atom stereocenters. The van der Waals surface area contributed by atoms with E-state index in [-0.39, 0.29) is 0 Å². The summed E-state index contributed by atoms with van der Waals surface area (Å²) in [5.41, 5.74) is 1.42. The topological polar surface area (TPSA) is 0 Å². The van der Waals surface area contributed by atoms with Crippen LogP contribution in [0.1, 0.15) is 32.8 Å². The van der Waals surface area contributed by atoms with Gasteiger partial charge < -0.3 is 0 Å². The molecular weight excluding hydrogens is 176 g/mol. The van der Waals surface area contributed by atoms with Crippen LogP contribution in [0, 0.1) is 0 Å². The van der Waals surface area contributed by atoms with Crippen LogP contribution >= 0.6 is 11.8 Å². The summed E-state index contributed by atoms with van der Waals surface area (Å²) in [5, 5.41) is 0. The zero-order valence-electron chi connectivity index (χ0n) is 9.13. The van der Waals surface area contributed by atoms with Gasteiger partial charge in [-0.05, 0) is 30.4 Å². The lowest BCUT2D eigenvalue weighted by molar-refractivity contribution is 1.09. The molecule has 0 saturated carbocycles. The summed E-state index contributed by atoms with van der Waals surface area (Å²) < 4.78 is 0. The summed E-state index contributed by atoms with van der Waals surface area (Å²) in [6.07, 6.45) is 4.49. The Bertz CT molecular complexity index is 199. The van der Waals surface area contributed by atoms with Gasteiger partial charge in [0.15, 0.2) is 0 Å².